The monoisotopic (exact) mass is 318 g/mol. The molecular formula is C16H22N4O3. The molecule has 23 heavy (non-hydrogen) atoms. The van der Waals surface area contributed by atoms with Gasteiger partial charge in [0.2, 0.25) is 5.89 Å². The Kier molecular flexibility index (Phi) is 4.11. The summed E-state index contributed by atoms with van der Waals surface area (Å²) in [5.41, 5.74) is 0.661. The molecule has 7 heteroatoms. The van der Waals surface area contributed by atoms with Gasteiger partial charge in [-0.1, -0.05) is 0 Å². The summed E-state index contributed by atoms with van der Waals surface area (Å²) >= 11 is 0. The van der Waals surface area contributed by atoms with Crippen LogP contribution in [0, 0.1) is 13.8 Å². The van der Waals surface area contributed by atoms with E-state index in [1.807, 2.05) is 43.8 Å². The first-order valence-corrected chi connectivity index (χ1v) is 7.83. The van der Waals surface area contributed by atoms with Crippen molar-refractivity contribution in [1.29, 1.82) is 0 Å². The van der Waals surface area contributed by atoms with E-state index in [9.17, 15) is 4.79 Å². The SMILES string of the molecule is Cc1cc(C(=O)N2CCC(c3nc(N(C)C)no3)CC2)c(C)o1. The summed E-state index contributed by atoms with van der Waals surface area (Å²) in [6, 6.07) is 1.81. The van der Waals surface area contributed by atoms with Gasteiger partial charge in [0.25, 0.3) is 11.9 Å². The second kappa shape index (κ2) is 6.06. The van der Waals surface area contributed by atoms with E-state index in [0.717, 1.165) is 18.6 Å². The standard InChI is InChI=1S/C16H22N4O3/c1-10-9-13(11(2)22-10)15(21)20-7-5-12(6-8-20)14-17-16(18-23-14)19(3)4/h9,12H,5-8H2,1-4H3. The van der Waals surface area contributed by atoms with Crippen LogP contribution in [0.5, 0.6) is 0 Å². The van der Waals surface area contributed by atoms with E-state index in [1.54, 1.807) is 0 Å². The molecule has 1 saturated heterocycles. The smallest absolute Gasteiger partial charge is 0.265 e. The van der Waals surface area contributed by atoms with Crippen LogP contribution in [0.3, 0.4) is 0 Å². The van der Waals surface area contributed by atoms with Crippen LogP contribution in [0.4, 0.5) is 5.95 Å². The molecule has 3 rings (SSSR count). The topological polar surface area (TPSA) is 75.6 Å². The van der Waals surface area contributed by atoms with Gasteiger partial charge < -0.3 is 18.7 Å². The molecule has 1 fully saturated rings. The molecule has 7 nitrogen and oxygen atoms in total. The highest BCUT2D eigenvalue weighted by atomic mass is 16.5. The van der Waals surface area contributed by atoms with E-state index in [-0.39, 0.29) is 11.8 Å². The Balaban J connectivity index is 1.63. The molecule has 0 atom stereocenters. The lowest BCUT2D eigenvalue weighted by Crippen LogP contribution is -2.38. The molecule has 0 spiro atoms. The molecule has 0 N–H and O–H groups in total. The molecule has 2 aromatic heterocycles. The Bertz CT molecular complexity index is 696. The quantitative estimate of drug-likeness (QED) is 0.865. The van der Waals surface area contributed by atoms with E-state index in [4.69, 9.17) is 8.94 Å². The number of hydrogen-bond donors (Lipinski definition) is 0. The highest BCUT2D eigenvalue weighted by molar-refractivity contribution is 5.95. The van der Waals surface area contributed by atoms with Gasteiger partial charge in [0, 0.05) is 33.1 Å². The van der Waals surface area contributed by atoms with Crippen molar-refractivity contribution in [3.63, 3.8) is 0 Å². The Morgan fingerprint density at radius 1 is 1.30 bits per heavy atom. The van der Waals surface area contributed by atoms with E-state index >= 15 is 0 Å². The number of furan rings is 1. The number of aromatic nitrogens is 2. The third kappa shape index (κ3) is 3.09. The Morgan fingerprint density at radius 2 is 2.00 bits per heavy atom. The molecule has 1 amide bonds. The van der Waals surface area contributed by atoms with Gasteiger partial charge in [-0.3, -0.25) is 4.79 Å². The molecule has 0 unspecified atom stereocenters. The molecule has 0 aliphatic carbocycles. The average Bonchev–Trinajstić information content (AvgIpc) is 3.13. The predicted octanol–water partition coefficient (Wildman–Crippen LogP) is 2.37. The lowest BCUT2D eigenvalue weighted by atomic mass is 9.96. The minimum absolute atomic E-state index is 0.0392. The molecule has 0 saturated carbocycles. The fraction of sp³-hybridized carbons (Fsp3) is 0.562. The first kappa shape index (κ1) is 15.6. The minimum atomic E-state index is 0.0392. The maximum Gasteiger partial charge on any atom is 0.265 e. The maximum absolute atomic E-state index is 12.6. The van der Waals surface area contributed by atoms with Crippen molar-refractivity contribution in [2.24, 2.45) is 0 Å². The van der Waals surface area contributed by atoms with Gasteiger partial charge in [0.15, 0.2) is 0 Å². The Hall–Kier alpha value is -2.31. The summed E-state index contributed by atoms with van der Waals surface area (Å²) in [5.74, 6) is 2.95. The zero-order chi connectivity index (χ0) is 16.6. The Labute approximate surface area is 135 Å². The van der Waals surface area contributed by atoms with Gasteiger partial charge in [-0.15, -0.1) is 0 Å². The predicted molar refractivity (Wildman–Crippen MR) is 84.7 cm³/mol. The molecule has 0 aromatic carbocycles. The third-order valence-corrected chi connectivity index (χ3v) is 4.23. The number of carbonyl (C=O) groups excluding carboxylic acids is 1. The normalized spacial score (nSPS) is 15.9. The number of carbonyl (C=O) groups is 1. The average molecular weight is 318 g/mol. The van der Waals surface area contributed by atoms with E-state index in [0.29, 0.717) is 36.3 Å². The summed E-state index contributed by atoms with van der Waals surface area (Å²) in [7, 11) is 3.76. The van der Waals surface area contributed by atoms with Gasteiger partial charge >= 0.3 is 0 Å². The number of aryl methyl sites for hydroxylation is 2. The van der Waals surface area contributed by atoms with Crippen molar-refractivity contribution in [3.05, 3.63) is 29.0 Å². The first-order valence-electron chi connectivity index (χ1n) is 7.83. The third-order valence-electron chi connectivity index (χ3n) is 4.23. The van der Waals surface area contributed by atoms with Crippen molar-refractivity contribution in [2.45, 2.75) is 32.6 Å². The fourth-order valence-electron chi connectivity index (χ4n) is 2.92. The van der Waals surface area contributed by atoms with Crippen LogP contribution >= 0.6 is 0 Å². The summed E-state index contributed by atoms with van der Waals surface area (Å²) in [4.78, 5) is 20.7. The van der Waals surface area contributed by atoms with Crippen LogP contribution in [0.25, 0.3) is 0 Å². The second-order valence-corrected chi connectivity index (χ2v) is 6.22. The molecular weight excluding hydrogens is 296 g/mol. The van der Waals surface area contributed by atoms with E-state index < -0.39 is 0 Å². The van der Waals surface area contributed by atoms with Gasteiger partial charge in [-0.25, -0.2) is 0 Å². The minimum Gasteiger partial charge on any atom is -0.466 e. The lowest BCUT2D eigenvalue weighted by Gasteiger charge is -2.30. The molecule has 0 bridgehead atoms. The highest BCUT2D eigenvalue weighted by Gasteiger charge is 2.29. The molecule has 0 radical (unpaired) electrons. The summed E-state index contributed by atoms with van der Waals surface area (Å²) in [6.45, 7) is 5.06. The number of likely N-dealkylation sites (tertiary alicyclic amines) is 1. The fourth-order valence-corrected chi connectivity index (χ4v) is 2.92. The number of anilines is 1. The van der Waals surface area contributed by atoms with Crippen LogP contribution in [0.15, 0.2) is 15.0 Å². The van der Waals surface area contributed by atoms with Crippen molar-refractivity contribution >= 4 is 11.9 Å². The zero-order valence-corrected chi connectivity index (χ0v) is 14.0. The number of rotatable bonds is 3. The van der Waals surface area contributed by atoms with Crippen molar-refractivity contribution in [3.8, 4) is 0 Å². The second-order valence-electron chi connectivity index (χ2n) is 6.22. The van der Waals surface area contributed by atoms with Crippen LogP contribution < -0.4 is 4.90 Å². The number of hydrogen-bond acceptors (Lipinski definition) is 6. The van der Waals surface area contributed by atoms with Gasteiger partial charge in [-0.2, -0.15) is 4.98 Å². The summed E-state index contributed by atoms with van der Waals surface area (Å²) in [5, 5.41) is 3.95. The molecule has 2 aromatic rings. The summed E-state index contributed by atoms with van der Waals surface area (Å²) in [6.07, 6.45) is 1.66. The molecule has 124 valence electrons. The highest BCUT2D eigenvalue weighted by Crippen LogP contribution is 2.29. The molecule has 1 aliphatic heterocycles. The van der Waals surface area contributed by atoms with E-state index in [2.05, 4.69) is 10.1 Å². The number of nitrogens with zero attached hydrogens (tertiary/aromatic N) is 4. The zero-order valence-electron chi connectivity index (χ0n) is 14.0. The first-order chi connectivity index (χ1) is 11.0. The van der Waals surface area contributed by atoms with Crippen molar-refractivity contribution in [2.75, 3.05) is 32.1 Å². The van der Waals surface area contributed by atoms with Gasteiger partial charge in [0.1, 0.15) is 11.5 Å². The molecule has 1 aliphatic rings. The van der Waals surface area contributed by atoms with Gasteiger partial charge in [0.05, 0.1) is 5.56 Å². The number of piperidine rings is 1. The Morgan fingerprint density at radius 3 is 2.52 bits per heavy atom. The maximum atomic E-state index is 12.6. The largest absolute Gasteiger partial charge is 0.466 e. The van der Waals surface area contributed by atoms with Crippen molar-refractivity contribution < 1.29 is 13.7 Å². The summed E-state index contributed by atoms with van der Waals surface area (Å²) < 4.78 is 10.8. The lowest BCUT2D eigenvalue weighted by molar-refractivity contribution is 0.0703. The number of amides is 1. The van der Waals surface area contributed by atoms with Crippen LogP contribution in [0.2, 0.25) is 0 Å². The van der Waals surface area contributed by atoms with Crippen LogP contribution in [0.1, 0.15) is 46.5 Å². The van der Waals surface area contributed by atoms with Crippen LogP contribution in [-0.4, -0.2) is 48.1 Å². The molecule has 3 heterocycles. The van der Waals surface area contributed by atoms with Gasteiger partial charge in [-0.05, 0) is 37.9 Å². The van der Waals surface area contributed by atoms with E-state index in [1.165, 1.54) is 0 Å². The van der Waals surface area contributed by atoms with Crippen LogP contribution in [-0.2, 0) is 0 Å². The van der Waals surface area contributed by atoms with Crippen molar-refractivity contribution in [1.82, 2.24) is 15.0 Å².